The van der Waals surface area contributed by atoms with Crippen LogP contribution in [0.25, 0.3) is 0 Å². The van der Waals surface area contributed by atoms with Crippen molar-refractivity contribution < 1.29 is 4.79 Å². The Bertz CT molecular complexity index is 477. The van der Waals surface area contributed by atoms with Crippen molar-refractivity contribution in [3.05, 3.63) is 29.8 Å². The van der Waals surface area contributed by atoms with Gasteiger partial charge >= 0.3 is 0 Å². The zero-order chi connectivity index (χ0) is 15.0. The van der Waals surface area contributed by atoms with Crippen LogP contribution in [0, 0.1) is 17.2 Å². The molecule has 1 rings (SSSR count). The number of nitrogens with zero attached hydrogens (tertiary/aromatic N) is 2. The Kier molecular flexibility index (Phi) is 6.75. The lowest BCUT2D eigenvalue weighted by Crippen LogP contribution is -2.31. The summed E-state index contributed by atoms with van der Waals surface area (Å²) in [6.07, 6.45) is 0.470. The van der Waals surface area contributed by atoms with Gasteiger partial charge in [-0.2, -0.15) is 5.26 Å². The van der Waals surface area contributed by atoms with Crippen LogP contribution in [0.2, 0.25) is 0 Å². The first-order valence-electron chi connectivity index (χ1n) is 7.07. The van der Waals surface area contributed by atoms with E-state index >= 15 is 0 Å². The molecule has 0 atom stereocenters. The minimum Gasteiger partial charge on any atom is -0.326 e. The number of nitrogens with one attached hydrogen (secondary N) is 1. The molecular formula is C16H23N3O. The second-order valence-corrected chi connectivity index (χ2v) is 5.28. The van der Waals surface area contributed by atoms with Crippen LogP contribution in [-0.2, 0) is 4.79 Å². The van der Waals surface area contributed by atoms with E-state index in [4.69, 9.17) is 5.26 Å². The SMILES string of the molecule is CCN(CCC(=O)Nc1cccc(C#N)c1)CC(C)C. The van der Waals surface area contributed by atoms with Gasteiger partial charge in [-0.3, -0.25) is 4.79 Å². The quantitative estimate of drug-likeness (QED) is 0.831. The van der Waals surface area contributed by atoms with E-state index in [-0.39, 0.29) is 5.91 Å². The number of nitriles is 1. The number of rotatable bonds is 7. The lowest BCUT2D eigenvalue weighted by Gasteiger charge is -2.22. The van der Waals surface area contributed by atoms with E-state index in [1.165, 1.54) is 0 Å². The van der Waals surface area contributed by atoms with Gasteiger partial charge in [-0.15, -0.1) is 0 Å². The number of hydrogen-bond acceptors (Lipinski definition) is 3. The van der Waals surface area contributed by atoms with Crippen LogP contribution in [-0.4, -0.2) is 30.4 Å². The Balaban J connectivity index is 2.45. The molecule has 0 aliphatic heterocycles. The van der Waals surface area contributed by atoms with Crippen LogP contribution >= 0.6 is 0 Å². The molecule has 0 saturated heterocycles. The summed E-state index contributed by atoms with van der Waals surface area (Å²) in [6.45, 7) is 9.18. The van der Waals surface area contributed by atoms with E-state index in [0.717, 1.165) is 19.6 Å². The molecule has 0 aliphatic carbocycles. The number of carbonyl (C=O) groups excluding carboxylic acids is 1. The minimum absolute atomic E-state index is 0.0118. The molecule has 0 bridgehead atoms. The Morgan fingerprint density at radius 2 is 2.20 bits per heavy atom. The fraction of sp³-hybridized carbons (Fsp3) is 0.500. The van der Waals surface area contributed by atoms with E-state index in [1.807, 2.05) is 0 Å². The molecule has 4 heteroatoms. The van der Waals surface area contributed by atoms with Gasteiger partial charge in [0.2, 0.25) is 5.91 Å². The summed E-state index contributed by atoms with van der Waals surface area (Å²) in [5, 5.41) is 11.7. The van der Waals surface area contributed by atoms with E-state index < -0.39 is 0 Å². The van der Waals surface area contributed by atoms with Gasteiger partial charge in [0.15, 0.2) is 0 Å². The first-order valence-corrected chi connectivity index (χ1v) is 7.07. The van der Waals surface area contributed by atoms with Gasteiger partial charge in [-0.25, -0.2) is 0 Å². The van der Waals surface area contributed by atoms with Crippen molar-refractivity contribution in [1.29, 1.82) is 5.26 Å². The average molecular weight is 273 g/mol. The second kappa shape index (κ2) is 8.34. The zero-order valence-corrected chi connectivity index (χ0v) is 12.5. The van der Waals surface area contributed by atoms with Crippen molar-refractivity contribution >= 4 is 11.6 Å². The van der Waals surface area contributed by atoms with Gasteiger partial charge in [-0.05, 0) is 30.7 Å². The van der Waals surface area contributed by atoms with Crippen molar-refractivity contribution in [2.24, 2.45) is 5.92 Å². The highest BCUT2D eigenvalue weighted by molar-refractivity contribution is 5.90. The van der Waals surface area contributed by atoms with Gasteiger partial charge < -0.3 is 10.2 Å². The molecule has 1 amide bonds. The van der Waals surface area contributed by atoms with Gasteiger partial charge in [0.1, 0.15) is 0 Å². The van der Waals surface area contributed by atoms with E-state index in [0.29, 0.717) is 23.6 Å². The Hall–Kier alpha value is -1.86. The smallest absolute Gasteiger partial charge is 0.225 e. The largest absolute Gasteiger partial charge is 0.326 e. The summed E-state index contributed by atoms with van der Waals surface area (Å²) in [5.41, 5.74) is 1.23. The summed E-state index contributed by atoms with van der Waals surface area (Å²) < 4.78 is 0. The number of anilines is 1. The summed E-state index contributed by atoms with van der Waals surface area (Å²) in [7, 11) is 0. The molecule has 4 nitrogen and oxygen atoms in total. The second-order valence-electron chi connectivity index (χ2n) is 5.28. The highest BCUT2D eigenvalue weighted by Crippen LogP contribution is 2.10. The maximum absolute atomic E-state index is 11.9. The van der Waals surface area contributed by atoms with Crippen LogP contribution in [0.4, 0.5) is 5.69 Å². The minimum atomic E-state index is -0.0118. The Morgan fingerprint density at radius 1 is 1.45 bits per heavy atom. The Morgan fingerprint density at radius 3 is 2.80 bits per heavy atom. The standard InChI is InChI=1S/C16H23N3O/c1-4-19(12-13(2)3)9-8-16(20)18-15-7-5-6-14(10-15)11-17/h5-7,10,13H,4,8-9,12H2,1-3H3,(H,18,20). The summed E-state index contributed by atoms with van der Waals surface area (Å²) in [6, 6.07) is 9.03. The molecule has 0 fully saturated rings. The van der Waals surface area contributed by atoms with Crippen LogP contribution in [0.1, 0.15) is 32.8 Å². The third kappa shape index (κ3) is 5.85. The molecule has 0 aliphatic rings. The fourth-order valence-electron chi connectivity index (χ4n) is 2.04. The van der Waals surface area contributed by atoms with Crippen LogP contribution in [0.15, 0.2) is 24.3 Å². The normalized spacial score (nSPS) is 10.6. The number of carbonyl (C=O) groups is 1. The van der Waals surface area contributed by atoms with E-state index in [1.54, 1.807) is 24.3 Å². The number of hydrogen-bond donors (Lipinski definition) is 1. The molecule has 0 saturated carbocycles. The fourth-order valence-corrected chi connectivity index (χ4v) is 2.04. The number of amides is 1. The predicted molar refractivity (Wildman–Crippen MR) is 81.4 cm³/mol. The van der Waals surface area contributed by atoms with Gasteiger partial charge in [-0.1, -0.05) is 26.8 Å². The lowest BCUT2D eigenvalue weighted by molar-refractivity contribution is -0.116. The third-order valence-electron chi connectivity index (χ3n) is 3.00. The molecule has 1 aromatic rings. The van der Waals surface area contributed by atoms with E-state index in [2.05, 4.69) is 37.1 Å². The highest BCUT2D eigenvalue weighted by Gasteiger charge is 2.08. The summed E-state index contributed by atoms with van der Waals surface area (Å²) >= 11 is 0. The third-order valence-corrected chi connectivity index (χ3v) is 3.00. The van der Waals surface area contributed by atoms with Crippen molar-refractivity contribution in [3.63, 3.8) is 0 Å². The molecule has 0 unspecified atom stereocenters. The molecule has 0 radical (unpaired) electrons. The molecule has 1 aromatic carbocycles. The van der Waals surface area contributed by atoms with Crippen LogP contribution in [0.5, 0.6) is 0 Å². The summed E-state index contributed by atoms with van der Waals surface area (Å²) in [4.78, 5) is 14.2. The van der Waals surface area contributed by atoms with Gasteiger partial charge in [0.05, 0.1) is 11.6 Å². The molecule has 0 heterocycles. The van der Waals surface area contributed by atoms with Gasteiger partial charge in [0.25, 0.3) is 0 Å². The Labute approximate surface area is 121 Å². The lowest BCUT2D eigenvalue weighted by atomic mass is 10.2. The highest BCUT2D eigenvalue weighted by atomic mass is 16.1. The maximum Gasteiger partial charge on any atom is 0.225 e. The van der Waals surface area contributed by atoms with Crippen LogP contribution < -0.4 is 5.32 Å². The van der Waals surface area contributed by atoms with Crippen molar-refractivity contribution in [2.45, 2.75) is 27.2 Å². The monoisotopic (exact) mass is 273 g/mol. The van der Waals surface area contributed by atoms with Crippen molar-refractivity contribution in [3.8, 4) is 6.07 Å². The molecular weight excluding hydrogens is 250 g/mol. The first-order chi connectivity index (χ1) is 9.55. The van der Waals surface area contributed by atoms with Crippen molar-refractivity contribution in [2.75, 3.05) is 25.0 Å². The molecule has 0 spiro atoms. The summed E-state index contributed by atoms with van der Waals surface area (Å²) in [5.74, 6) is 0.590. The predicted octanol–water partition coefficient (Wildman–Crippen LogP) is 2.86. The van der Waals surface area contributed by atoms with E-state index in [9.17, 15) is 4.79 Å². The first kappa shape index (κ1) is 16.2. The molecule has 108 valence electrons. The zero-order valence-electron chi connectivity index (χ0n) is 12.5. The molecule has 0 aromatic heterocycles. The molecule has 1 N–H and O–H groups in total. The van der Waals surface area contributed by atoms with Crippen molar-refractivity contribution in [1.82, 2.24) is 4.90 Å². The maximum atomic E-state index is 11.9. The average Bonchev–Trinajstić information content (AvgIpc) is 2.43. The van der Waals surface area contributed by atoms with Crippen LogP contribution in [0.3, 0.4) is 0 Å². The van der Waals surface area contributed by atoms with Gasteiger partial charge in [0, 0.05) is 25.2 Å². The molecule has 20 heavy (non-hydrogen) atoms. The topological polar surface area (TPSA) is 56.1 Å². The number of benzene rings is 1.